The number of halogens is 1. The molecule has 0 spiro atoms. The van der Waals surface area contributed by atoms with Crippen molar-refractivity contribution >= 4 is 45.2 Å². The fourth-order valence-corrected chi connectivity index (χ4v) is 8.22. The number of anilines is 1. The maximum atomic E-state index is 13.7. The SMILES string of the molecule is C=CCN(c1ccccc1)S(=O)(=O)c1ccc(Cl)c(C(=O)N(C)C2CCC(NC(=O)C3(CC=C)CCN(C(=O)OC(C)(C)C)CC3)CC2)c1. The third kappa shape index (κ3) is 9.05. The summed E-state index contributed by atoms with van der Waals surface area (Å²) in [7, 11) is -2.33. The Morgan fingerprint density at radius 2 is 1.65 bits per heavy atom. The highest BCUT2D eigenvalue weighted by Gasteiger charge is 2.43. The summed E-state index contributed by atoms with van der Waals surface area (Å²) in [5.74, 6) is -0.402. The third-order valence-corrected chi connectivity index (χ3v) is 11.5. The molecule has 1 aliphatic heterocycles. The van der Waals surface area contributed by atoms with Gasteiger partial charge >= 0.3 is 6.09 Å². The van der Waals surface area contributed by atoms with E-state index in [2.05, 4.69) is 18.5 Å². The van der Waals surface area contributed by atoms with Gasteiger partial charge in [-0.3, -0.25) is 13.9 Å². The number of benzene rings is 2. The molecule has 0 atom stereocenters. The van der Waals surface area contributed by atoms with E-state index < -0.39 is 21.0 Å². The molecule has 10 nitrogen and oxygen atoms in total. The number of amides is 3. The Kier molecular flexibility index (Phi) is 12.2. The second-order valence-corrected chi connectivity index (χ2v) is 16.2. The number of rotatable bonds is 11. The van der Waals surface area contributed by atoms with E-state index in [-0.39, 0.29) is 52.0 Å². The van der Waals surface area contributed by atoms with Crippen LogP contribution in [0.2, 0.25) is 5.02 Å². The third-order valence-electron chi connectivity index (χ3n) is 9.38. The van der Waals surface area contributed by atoms with Crippen LogP contribution in [0.25, 0.3) is 0 Å². The van der Waals surface area contributed by atoms with Crippen molar-refractivity contribution in [2.75, 3.05) is 31.0 Å². The van der Waals surface area contributed by atoms with Crippen LogP contribution >= 0.6 is 11.6 Å². The average molecular weight is 713 g/mol. The van der Waals surface area contributed by atoms with E-state index in [1.165, 1.54) is 28.6 Å². The zero-order chi connectivity index (χ0) is 36.0. The number of likely N-dealkylation sites (tertiary alicyclic amines) is 1. The lowest BCUT2D eigenvalue weighted by Gasteiger charge is -2.42. The van der Waals surface area contributed by atoms with Crippen LogP contribution < -0.4 is 9.62 Å². The zero-order valence-corrected chi connectivity index (χ0v) is 30.6. The molecule has 1 aliphatic carbocycles. The van der Waals surface area contributed by atoms with E-state index in [1.807, 2.05) is 20.8 Å². The van der Waals surface area contributed by atoms with Crippen LogP contribution in [0.4, 0.5) is 10.5 Å². The highest BCUT2D eigenvalue weighted by molar-refractivity contribution is 7.92. The number of allylic oxidation sites excluding steroid dienone is 1. The predicted molar refractivity (Wildman–Crippen MR) is 193 cm³/mol. The second-order valence-electron chi connectivity index (χ2n) is 13.9. The van der Waals surface area contributed by atoms with Gasteiger partial charge in [-0.2, -0.15) is 0 Å². The number of ether oxygens (including phenoxy) is 1. The van der Waals surface area contributed by atoms with Gasteiger partial charge in [-0.05, 0) is 96.0 Å². The van der Waals surface area contributed by atoms with Crippen molar-refractivity contribution in [1.29, 1.82) is 0 Å². The first-order valence-corrected chi connectivity index (χ1v) is 18.6. The molecule has 49 heavy (non-hydrogen) atoms. The summed E-state index contributed by atoms with van der Waals surface area (Å²) in [5.41, 5.74) is -0.647. The first-order valence-electron chi connectivity index (χ1n) is 16.8. The molecular formula is C37H49ClN4O6S. The second kappa shape index (κ2) is 15.8. The number of carbonyl (C=O) groups is 3. The van der Waals surface area contributed by atoms with Crippen LogP contribution in [0.1, 0.15) is 76.1 Å². The van der Waals surface area contributed by atoms with Gasteiger partial charge in [0.1, 0.15) is 5.60 Å². The van der Waals surface area contributed by atoms with Gasteiger partial charge in [0.2, 0.25) is 5.91 Å². The van der Waals surface area contributed by atoms with E-state index in [4.69, 9.17) is 16.3 Å². The highest BCUT2D eigenvalue weighted by Crippen LogP contribution is 2.37. The van der Waals surface area contributed by atoms with Gasteiger partial charge < -0.3 is 19.9 Å². The van der Waals surface area contributed by atoms with Gasteiger partial charge in [-0.25, -0.2) is 13.2 Å². The molecule has 0 aromatic heterocycles. The van der Waals surface area contributed by atoms with E-state index in [1.54, 1.807) is 53.3 Å². The Bertz CT molecular complexity index is 1630. The molecule has 266 valence electrons. The molecule has 2 aromatic carbocycles. The summed E-state index contributed by atoms with van der Waals surface area (Å²) in [6.45, 7) is 14.0. The van der Waals surface area contributed by atoms with Crippen molar-refractivity contribution in [3.05, 3.63) is 84.4 Å². The minimum absolute atomic E-state index is 0.0325. The Morgan fingerprint density at radius 1 is 1.02 bits per heavy atom. The molecule has 0 unspecified atom stereocenters. The fourth-order valence-electron chi connectivity index (χ4n) is 6.56. The molecule has 0 radical (unpaired) electrons. The summed E-state index contributed by atoms with van der Waals surface area (Å²) in [6, 6.07) is 12.7. The van der Waals surface area contributed by atoms with Crippen LogP contribution in [0.5, 0.6) is 0 Å². The van der Waals surface area contributed by atoms with Crippen molar-refractivity contribution < 1.29 is 27.5 Å². The molecule has 0 bridgehead atoms. The molecule has 1 heterocycles. The van der Waals surface area contributed by atoms with Crippen molar-refractivity contribution in [3.8, 4) is 0 Å². The number of hydrogen-bond acceptors (Lipinski definition) is 6. The van der Waals surface area contributed by atoms with Crippen LogP contribution in [0.3, 0.4) is 0 Å². The number of sulfonamides is 1. The lowest BCUT2D eigenvalue weighted by Crippen LogP contribution is -2.53. The summed E-state index contributed by atoms with van der Waals surface area (Å²) in [6.07, 6.45) is 7.13. The van der Waals surface area contributed by atoms with Crippen LogP contribution in [-0.4, -0.2) is 80.5 Å². The van der Waals surface area contributed by atoms with Crippen molar-refractivity contribution in [1.82, 2.24) is 15.1 Å². The first-order chi connectivity index (χ1) is 23.1. The van der Waals surface area contributed by atoms with Gasteiger partial charge in [0.05, 0.1) is 33.1 Å². The van der Waals surface area contributed by atoms with Crippen molar-refractivity contribution in [3.63, 3.8) is 0 Å². The van der Waals surface area contributed by atoms with E-state index in [9.17, 15) is 22.8 Å². The maximum absolute atomic E-state index is 13.7. The van der Waals surface area contributed by atoms with E-state index in [0.717, 1.165) is 0 Å². The summed E-state index contributed by atoms with van der Waals surface area (Å²) in [4.78, 5) is 43.3. The van der Waals surface area contributed by atoms with Crippen LogP contribution in [0.15, 0.2) is 78.7 Å². The Balaban J connectivity index is 1.39. The van der Waals surface area contributed by atoms with Gasteiger partial charge in [0.25, 0.3) is 15.9 Å². The molecule has 2 aromatic rings. The molecule has 1 N–H and O–H groups in total. The predicted octanol–water partition coefficient (Wildman–Crippen LogP) is 6.81. The summed E-state index contributed by atoms with van der Waals surface area (Å²) >= 11 is 6.47. The molecular weight excluding hydrogens is 664 g/mol. The molecule has 3 amide bonds. The van der Waals surface area contributed by atoms with Gasteiger partial charge in [-0.1, -0.05) is 42.0 Å². The minimum atomic E-state index is -4.03. The Hall–Kier alpha value is -3.83. The van der Waals surface area contributed by atoms with E-state index >= 15 is 0 Å². The standard InChI is InChI=1S/C37H49ClN4O6S/c1-7-20-37(21-24-41(25-22-37)35(45)48-36(3,4)5)34(44)39-27-14-16-28(17-15-27)40(6)33(43)31-26-30(18-19-32(31)38)49(46,47)42(23-8-2)29-12-10-9-11-13-29/h7-13,18-19,26-28H,1-2,14-17,20-25H2,3-6H3,(H,39,44). The lowest BCUT2D eigenvalue weighted by molar-refractivity contribution is -0.134. The molecule has 1 saturated heterocycles. The number of piperidine rings is 1. The topological polar surface area (TPSA) is 116 Å². The lowest BCUT2D eigenvalue weighted by atomic mass is 9.74. The van der Waals surface area contributed by atoms with E-state index in [0.29, 0.717) is 63.7 Å². The Labute approximate surface area is 296 Å². The fraction of sp³-hybridized carbons (Fsp3) is 0.486. The monoisotopic (exact) mass is 712 g/mol. The quantitative estimate of drug-likeness (QED) is 0.256. The number of carbonyl (C=O) groups excluding carboxylic acids is 3. The number of nitrogens with zero attached hydrogens (tertiary/aromatic N) is 3. The molecule has 2 aliphatic rings. The molecule has 4 rings (SSSR count). The van der Waals surface area contributed by atoms with Gasteiger partial charge in [0.15, 0.2) is 0 Å². The summed E-state index contributed by atoms with van der Waals surface area (Å²) < 4.78 is 34.2. The average Bonchev–Trinajstić information content (AvgIpc) is 3.07. The van der Waals surface area contributed by atoms with Crippen molar-refractivity contribution in [2.45, 2.75) is 88.3 Å². The largest absolute Gasteiger partial charge is 0.444 e. The molecule has 1 saturated carbocycles. The highest BCUT2D eigenvalue weighted by atomic mass is 35.5. The number of nitrogens with one attached hydrogen (secondary N) is 1. The van der Waals surface area contributed by atoms with Gasteiger partial charge in [-0.15, -0.1) is 13.2 Å². The first kappa shape index (κ1) is 38.0. The molecule has 12 heteroatoms. The smallest absolute Gasteiger partial charge is 0.410 e. The van der Waals surface area contributed by atoms with Crippen molar-refractivity contribution in [2.24, 2.45) is 5.41 Å². The van der Waals surface area contributed by atoms with Gasteiger partial charge in [0, 0.05) is 32.2 Å². The Morgan fingerprint density at radius 3 is 2.22 bits per heavy atom. The normalized spacial score (nSPS) is 19.3. The number of para-hydroxylation sites is 1. The zero-order valence-electron chi connectivity index (χ0n) is 29.0. The molecule has 2 fully saturated rings. The summed E-state index contributed by atoms with van der Waals surface area (Å²) in [5, 5.41) is 3.42. The maximum Gasteiger partial charge on any atom is 0.410 e. The minimum Gasteiger partial charge on any atom is -0.444 e. The van der Waals surface area contributed by atoms with Crippen LogP contribution in [-0.2, 0) is 19.6 Å². The number of hydrogen-bond donors (Lipinski definition) is 1. The van der Waals surface area contributed by atoms with Crippen LogP contribution in [0, 0.1) is 5.41 Å².